The number of ether oxygens (including phenoxy) is 2. The van der Waals surface area contributed by atoms with E-state index in [9.17, 15) is 19.8 Å². The third-order valence-electron chi connectivity index (χ3n) is 12.3. The van der Waals surface area contributed by atoms with E-state index in [0.29, 0.717) is 86.9 Å². The molecule has 0 aliphatic heterocycles. The van der Waals surface area contributed by atoms with Crippen LogP contribution in [0.15, 0.2) is 109 Å². The average Bonchev–Trinajstić information content (AvgIpc) is 4.15. The van der Waals surface area contributed by atoms with E-state index in [1.807, 2.05) is 123 Å². The van der Waals surface area contributed by atoms with Gasteiger partial charge in [0.1, 0.15) is 47.9 Å². The second-order valence-corrected chi connectivity index (χ2v) is 16.9. The highest BCUT2D eigenvalue weighted by atomic mass is 16.5. The Labute approximate surface area is 341 Å². The lowest BCUT2D eigenvalue weighted by Crippen LogP contribution is -2.71. The quantitative estimate of drug-likeness (QED) is 0.0851. The molecule has 0 unspecified atom stereocenters. The molecule has 6 atom stereocenters. The van der Waals surface area contributed by atoms with Crippen molar-refractivity contribution in [3.63, 3.8) is 0 Å². The van der Waals surface area contributed by atoms with Crippen LogP contribution in [-0.4, -0.2) is 69.1 Å². The van der Waals surface area contributed by atoms with E-state index in [4.69, 9.17) is 9.47 Å². The Morgan fingerprint density at radius 1 is 0.500 bits per heavy atom. The monoisotopic (exact) mass is 788 g/mol. The number of hydrogen-bond acceptors (Lipinski definition) is 6. The molecule has 0 aromatic heterocycles. The first-order valence-electron chi connectivity index (χ1n) is 20.9. The number of hydrogen-bond donors (Lipinski definition) is 2. The van der Waals surface area contributed by atoms with Crippen LogP contribution in [0, 0.1) is 35.5 Å². The highest BCUT2D eigenvalue weighted by Gasteiger charge is 2.70. The maximum atomic E-state index is 15.5. The summed E-state index contributed by atoms with van der Waals surface area (Å²) in [5.74, 6) is -5.60. The lowest BCUT2D eigenvalue weighted by atomic mass is 9.54. The van der Waals surface area contributed by atoms with Gasteiger partial charge in [0.05, 0.1) is 38.0 Å². The molecule has 0 spiro atoms. The van der Waals surface area contributed by atoms with Gasteiger partial charge >= 0.3 is 23.8 Å². The van der Waals surface area contributed by atoms with Gasteiger partial charge in [-0.1, -0.05) is 50.2 Å². The molecule has 4 aromatic rings. The average molecular weight is 789 g/mol. The molecule has 3 saturated carbocycles. The predicted molar refractivity (Wildman–Crippen MR) is 219 cm³/mol. The SMILES string of the molecule is CCC[N@@+](Cc1ccc(Oc2ccccc2)cc1)(CC1CC1)C(=O)[C@@H]1[C@H](C(=O)O)[C@@H](C(=O)O)[C@H]1C(=O)[N@+](CCC)(Cc1ccc(Oc2ccccc2)cc1)CC1CC1. The summed E-state index contributed by atoms with van der Waals surface area (Å²) in [4.78, 5) is 57.2. The van der Waals surface area contributed by atoms with E-state index >= 15 is 9.59 Å². The minimum absolute atomic E-state index is 0.0239. The number of para-hydroxylation sites is 2. The topological polar surface area (TPSA) is 127 Å². The van der Waals surface area contributed by atoms with Gasteiger partial charge in [-0.3, -0.25) is 18.6 Å². The van der Waals surface area contributed by atoms with Crippen molar-refractivity contribution >= 4 is 23.8 Å². The Morgan fingerprint density at radius 2 is 0.828 bits per heavy atom. The number of nitrogens with zero attached hydrogens (tertiary/aromatic N) is 2. The van der Waals surface area contributed by atoms with Crippen molar-refractivity contribution in [3.05, 3.63) is 120 Å². The number of aliphatic carboxylic acids is 2. The molecular weight excluding hydrogens is 733 g/mol. The summed E-state index contributed by atoms with van der Waals surface area (Å²) >= 11 is 0. The van der Waals surface area contributed by atoms with E-state index in [1.165, 1.54) is 0 Å². The van der Waals surface area contributed by atoms with Crippen LogP contribution in [-0.2, 0) is 32.3 Å². The minimum atomic E-state index is -1.51. The van der Waals surface area contributed by atoms with Crippen LogP contribution in [0.5, 0.6) is 23.0 Å². The molecule has 0 bridgehead atoms. The second-order valence-electron chi connectivity index (χ2n) is 16.9. The van der Waals surface area contributed by atoms with Crippen LogP contribution >= 0.6 is 0 Å². The summed E-state index contributed by atoms with van der Waals surface area (Å²) in [5, 5.41) is 21.3. The van der Waals surface area contributed by atoms with Crippen LogP contribution in [0.3, 0.4) is 0 Å². The lowest BCUT2D eigenvalue weighted by Gasteiger charge is -2.51. The van der Waals surface area contributed by atoms with Gasteiger partial charge in [-0.15, -0.1) is 0 Å². The largest absolute Gasteiger partial charge is 0.481 e. The maximum absolute atomic E-state index is 15.5. The van der Waals surface area contributed by atoms with E-state index in [-0.39, 0.29) is 20.8 Å². The van der Waals surface area contributed by atoms with Crippen molar-refractivity contribution in [2.24, 2.45) is 35.5 Å². The van der Waals surface area contributed by atoms with E-state index in [0.717, 1.165) is 36.8 Å². The molecular formula is C48H56N2O8+2. The van der Waals surface area contributed by atoms with Crippen molar-refractivity contribution in [2.75, 3.05) is 26.2 Å². The molecule has 7 rings (SSSR count). The highest BCUT2D eigenvalue weighted by Crippen LogP contribution is 2.52. The fraction of sp³-hybridized carbons (Fsp3) is 0.417. The number of benzene rings is 4. The van der Waals surface area contributed by atoms with Crippen LogP contribution in [0.2, 0.25) is 0 Å². The molecule has 58 heavy (non-hydrogen) atoms. The van der Waals surface area contributed by atoms with Crippen molar-refractivity contribution in [1.82, 2.24) is 0 Å². The molecule has 4 aromatic carbocycles. The molecule has 3 aliphatic rings. The summed E-state index contributed by atoms with van der Waals surface area (Å²) in [6.07, 6.45) is 5.20. The molecule has 2 amide bonds. The first-order valence-corrected chi connectivity index (χ1v) is 20.9. The van der Waals surface area contributed by atoms with Crippen molar-refractivity contribution in [2.45, 2.75) is 65.5 Å². The number of carbonyl (C=O) groups excluding carboxylic acids is 2. The summed E-state index contributed by atoms with van der Waals surface area (Å²) in [7, 11) is 0. The van der Waals surface area contributed by atoms with Gasteiger partial charge in [-0.2, -0.15) is 0 Å². The first-order chi connectivity index (χ1) is 28.0. The molecule has 0 saturated heterocycles. The van der Waals surface area contributed by atoms with Crippen LogP contribution in [0.25, 0.3) is 0 Å². The normalized spacial score (nSPS) is 22.1. The molecule has 0 radical (unpaired) electrons. The zero-order chi connectivity index (χ0) is 40.9. The third kappa shape index (κ3) is 9.19. The molecule has 10 nitrogen and oxygen atoms in total. The number of amides is 2. The van der Waals surface area contributed by atoms with Crippen molar-refractivity contribution in [1.29, 1.82) is 0 Å². The standard InChI is InChI=1S/C48H54N2O8/c1-3-27-49(29-33-15-16-33,31-35-19-23-39(24-20-35)57-37-11-7-5-8-12-37)45(51)41-42(44(48(55)56)43(41)47(53)54)46(52)50(28-4-2,30-34-17-18-34)32-36-21-25-40(26-22-36)58-38-13-9-6-10-14-38/h5-14,19-26,33-34,41-44H,3-4,15-18,27-32H2,1-2H3/p+2/t41-,42-,43-,44-,49-,50-/m0/s1. The molecule has 3 aliphatic carbocycles. The van der Waals surface area contributed by atoms with Crippen molar-refractivity contribution < 1.29 is 47.8 Å². The Hall–Kier alpha value is -5.32. The van der Waals surface area contributed by atoms with Gasteiger partial charge < -0.3 is 19.7 Å². The van der Waals surface area contributed by atoms with E-state index in [1.54, 1.807) is 0 Å². The number of carboxylic acid groups (broad SMARTS) is 2. The Morgan fingerprint density at radius 3 is 1.12 bits per heavy atom. The van der Waals surface area contributed by atoms with Crippen LogP contribution in [0.4, 0.5) is 0 Å². The molecule has 2 N–H and O–H groups in total. The number of carboxylic acids is 2. The molecule has 10 heteroatoms. The zero-order valence-corrected chi connectivity index (χ0v) is 33.6. The zero-order valence-electron chi connectivity index (χ0n) is 33.6. The minimum Gasteiger partial charge on any atom is -0.481 e. The van der Waals surface area contributed by atoms with Gasteiger partial charge in [0.15, 0.2) is 0 Å². The molecule has 304 valence electrons. The van der Waals surface area contributed by atoms with Gasteiger partial charge in [0.2, 0.25) is 0 Å². The lowest BCUT2D eigenvalue weighted by molar-refractivity contribution is -0.876. The number of carbonyl (C=O) groups is 4. The van der Waals surface area contributed by atoms with E-state index < -0.39 is 35.6 Å². The van der Waals surface area contributed by atoms with E-state index in [2.05, 4.69) is 0 Å². The van der Waals surface area contributed by atoms with Gasteiger partial charge in [-0.25, -0.2) is 9.59 Å². The molecule has 3 fully saturated rings. The maximum Gasteiger partial charge on any atom is 0.319 e. The fourth-order valence-electron chi connectivity index (χ4n) is 9.35. The number of rotatable bonds is 20. The Balaban J connectivity index is 1.22. The molecule has 0 heterocycles. The second kappa shape index (κ2) is 17.7. The Bertz CT molecular complexity index is 1900. The number of quaternary nitrogens is 2. The highest BCUT2D eigenvalue weighted by molar-refractivity contribution is 5.96. The Kier molecular flexibility index (Phi) is 12.4. The predicted octanol–water partition coefficient (Wildman–Crippen LogP) is 8.95. The van der Waals surface area contributed by atoms with Gasteiger partial charge in [0, 0.05) is 23.0 Å². The van der Waals surface area contributed by atoms with Gasteiger partial charge in [-0.05, 0) is 111 Å². The summed E-state index contributed by atoms with van der Waals surface area (Å²) in [6, 6.07) is 34.2. The first kappa shape index (κ1) is 40.9. The third-order valence-corrected chi connectivity index (χ3v) is 12.3. The summed E-state index contributed by atoms with van der Waals surface area (Å²) < 4.78 is 12.0. The summed E-state index contributed by atoms with van der Waals surface area (Å²) in [5.41, 5.74) is 1.77. The van der Waals surface area contributed by atoms with Crippen molar-refractivity contribution in [3.8, 4) is 23.0 Å². The van der Waals surface area contributed by atoms with Crippen LogP contribution < -0.4 is 9.47 Å². The smallest absolute Gasteiger partial charge is 0.319 e. The fourth-order valence-corrected chi connectivity index (χ4v) is 9.35. The van der Waals surface area contributed by atoms with Crippen LogP contribution in [0.1, 0.15) is 63.5 Å². The van der Waals surface area contributed by atoms with Gasteiger partial charge in [0.25, 0.3) is 0 Å². The summed E-state index contributed by atoms with van der Waals surface area (Å²) in [6.45, 7) is 6.58.